The van der Waals surface area contributed by atoms with Gasteiger partial charge in [0, 0.05) is 25.0 Å². The number of carbonyl (C=O) groups excluding carboxylic acids is 2. The Bertz CT molecular complexity index is 775. The summed E-state index contributed by atoms with van der Waals surface area (Å²) in [7, 11) is 1.67. The number of rotatable bonds is 8. The van der Waals surface area contributed by atoms with Crippen LogP contribution in [0.4, 0.5) is 11.5 Å². The molecule has 0 bridgehead atoms. The highest BCUT2D eigenvalue weighted by Gasteiger charge is 2.18. The zero-order valence-electron chi connectivity index (χ0n) is 16.1. The fourth-order valence-electron chi connectivity index (χ4n) is 2.20. The Morgan fingerprint density at radius 2 is 1.89 bits per heavy atom. The number of amides is 1. The molecule has 0 saturated carbocycles. The van der Waals surface area contributed by atoms with Gasteiger partial charge in [-0.2, -0.15) is 0 Å². The van der Waals surface area contributed by atoms with Crippen LogP contribution in [0.1, 0.15) is 31.1 Å². The molecule has 2 rings (SSSR count). The first-order chi connectivity index (χ1) is 12.9. The van der Waals surface area contributed by atoms with Crippen molar-refractivity contribution >= 4 is 23.4 Å². The number of anilines is 2. The Labute approximate surface area is 159 Å². The van der Waals surface area contributed by atoms with Gasteiger partial charge in [0.25, 0.3) is 5.91 Å². The average Bonchev–Trinajstić information content (AvgIpc) is 2.67. The van der Waals surface area contributed by atoms with Crippen LogP contribution in [0.15, 0.2) is 42.6 Å². The van der Waals surface area contributed by atoms with Crippen LogP contribution in [0.2, 0.25) is 0 Å². The molecule has 0 aliphatic rings. The fraction of sp³-hybridized carbons (Fsp3) is 0.350. The third-order valence-electron chi connectivity index (χ3n) is 3.95. The first-order valence-electron chi connectivity index (χ1n) is 8.80. The summed E-state index contributed by atoms with van der Waals surface area (Å²) >= 11 is 0. The Balaban J connectivity index is 2.06. The third kappa shape index (κ3) is 5.70. The maximum Gasteiger partial charge on any atom is 0.342 e. The van der Waals surface area contributed by atoms with Crippen molar-refractivity contribution in [3.63, 3.8) is 0 Å². The van der Waals surface area contributed by atoms with E-state index in [2.05, 4.69) is 10.3 Å². The fourth-order valence-corrected chi connectivity index (χ4v) is 2.20. The molecular formula is C20H25N3O4. The summed E-state index contributed by atoms with van der Waals surface area (Å²) in [6.45, 7) is 5.97. The predicted octanol–water partition coefficient (Wildman–Crippen LogP) is 3.25. The largest absolute Gasteiger partial charge is 0.494 e. The summed E-state index contributed by atoms with van der Waals surface area (Å²) in [5, 5.41) is 3.09. The van der Waals surface area contributed by atoms with Crippen LogP contribution in [0.5, 0.6) is 5.75 Å². The van der Waals surface area contributed by atoms with Crippen molar-refractivity contribution in [1.82, 2.24) is 9.88 Å². The third-order valence-corrected chi connectivity index (χ3v) is 3.95. The molecule has 1 aromatic carbocycles. The molecule has 2 aromatic rings. The number of carbonyl (C=O) groups is 2. The maximum absolute atomic E-state index is 12.4. The van der Waals surface area contributed by atoms with E-state index in [1.807, 2.05) is 45.0 Å². The molecule has 0 unspecified atom stereocenters. The van der Waals surface area contributed by atoms with Gasteiger partial charge in [0.15, 0.2) is 6.61 Å². The topological polar surface area (TPSA) is 80.8 Å². The molecule has 27 heavy (non-hydrogen) atoms. The van der Waals surface area contributed by atoms with E-state index in [1.165, 1.54) is 4.90 Å². The SMILES string of the molecule is CCOc1ccc(Nc2ncccc2C(=O)OCC(=O)N(C)C(C)C)cc1. The van der Waals surface area contributed by atoms with E-state index in [1.54, 1.807) is 25.4 Å². The number of hydrogen-bond acceptors (Lipinski definition) is 6. The van der Waals surface area contributed by atoms with Crippen molar-refractivity contribution in [2.24, 2.45) is 0 Å². The van der Waals surface area contributed by atoms with Crippen molar-refractivity contribution in [1.29, 1.82) is 0 Å². The van der Waals surface area contributed by atoms with E-state index >= 15 is 0 Å². The second-order valence-corrected chi connectivity index (χ2v) is 6.16. The van der Waals surface area contributed by atoms with Gasteiger partial charge in [-0.3, -0.25) is 4.79 Å². The number of likely N-dealkylation sites (N-methyl/N-ethyl adjacent to an activating group) is 1. The van der Waals surface area contributed by atoms with Gasteiger partial charge in [0.05, 0.1) is 6.61 Å². The van der Waals surface area contributed by atoms with Crippen LogP contribution in [-0.4, -0.2) is 48.1 Å². The van der Waals surface area contributed by atoms with Crippen LogP contribution < -0.4 is 10.1 Å². The summed E-state index contributed by atoms with van der Waals surface area (Å²) in [6, 6.07) is 10.6. The molecule has 0 radical (unpaired) electrons. The van der Waals surface area contributed by atoms with E-state index in [9.17, 15) is 9.59 Å². The number of pyridine rings is 1. The van der Waals surface area contributed by atoms with Crippen molar-refractivity contribution in [3.8, 4) is 5.75 Å². The molecule has 0 saturated heterocycles. The number of benzene rings is 1. The number of esters is 1. The normalized spacial score (nSPS) is 10.4. The van der Waals surface area contributed by atoms with Crippen LogP contribution >= 0.6 is 0 Å². The molecule has 1 aromatic heterocycles. The number of hydrogen-bond donors (Lipinski definition) is 1. The van der Waals surface area contributed by atoms with Gasteiger partial charge in [-0.05, 0) is 57.2 Å². The minimum atomic E-state index is -0.609. The van der Waals surface area contributed by atoms with Gasteiger partial charge in [-0.25, -0.2) is 9.78 Å². The lowest BCUT2D eigenvalue weighted by atomic mass is 10.2. The minimum absolute atomic E-state index is 0.0338. The molecule has 7 heteroatoms. The molecule has 0 aliphatic heterocycles. The Hall–Kier alpha value is -3.09. The number of nitrogens with zero attached hydrogens (tertiary/aromatic N) is 2. The molecule has 0 atom stereocenters. The van der Waals surface area contributed by atoms with Gasteiger partial charge in [0.2, 0.25) is 0 Å². The predicted molar refractivity (Wildman–Crippen MR) is 103 cm³/mol. The Morgan fingerprint density at radius 1 is 1.19 bits per heavy atom. The zero-order valence-corrected chi connectivity index (χ0v) is 16.1. The average molecular weight is 371 g/mol. The van der Waals surface area contributed by atoms with Gasteiger partial charge in [0.1, 0.15) is 17.1 Å². The molecule has 0 fully saturated rings. The highest BCUT2D eigenvalue weighted by molar-refractivity contribution is 5.96. The van der Waals surface area contributed by atoms with Crippen LogP contribution in [-0.2, 0) is 9.53 Å². The lowest BCUT2D eigenvalue weighted by Gasteiger charge is -2.21. The van der Waals surface area contributed by atoms with Crippen molar-refractivity contribution in [2.45, 2.75) is 26.8 Å². The zero-order chi connectivity index (χ0) is 19.8. The Kier molecular flexibility index (Phi) is 7.16. The molecule has 1 N–H and O–H groups in total. The molecule has 144 valence electrons. The van der Waals surface area contributed by atoms with Gasteiger partial charge >= 0.3 is 5.97 Å². The van der Waals surface area contributed by atoms with Gasteiger partial charge < -0.3 is 19.7 Å². The van der Waals surface area contributed by atoms with Crippen LogP contribution in [0, 0.1) is 0 Å². The first-order valence-corrected chi connectivity index (χ1v) is 8.80. The van der Waals surface area contributed by atoms with E-state index < -0.39 is 5.97 Å². The number of ether oxygens (including phenoxy) is 2. The number of nitrogens with one attached hydrogen (secondary N) is 1. The summed E-state index contributed by atoms with van der Waals surface area (Å²) in [4.78, 5) is 30.1. The lowest BCUT2D eigenvalue weighted by molar-refractivity contribution is -0.134. The van der Waals surface area contributed by atoms with E-state index in [0.29, 0.717) is 12.4 Å². The molecule has 0 aliphatic carbocycles. The van der Waals surface area contributed by atoms with Gasteiger partial charge in [-0.15, -0.1) is 0 Å². The summed E-state index contributed by atoms with van der Waals surface area (Å²) in [5.74, 6) is 0.248. The number of aromatic nitrogens is 1. The second kappa shape index (κ2) is 9.56. The highest BCUT2D eigenvalue weighted by Crippen LogP contribution is 2.21. The summed E-state index contributed by atoms with van der Waals surface area (Å²) in [6.07, 6.45) is 1.57. The van der Waals surface area contributed by atoms with E-state index in [-0.39, 0.29) is 24.1 Å². The van der Waals surface area contributed by atoms with E-state index in [4.69, 9.17) is 9.47 Å². The standard InChI is InChI=1S/C20H25N3O4/c1-5-26-16-10-8-15(9-11-16)22-19-17(7-6-12-21-19)20(25)27-13-18(24)23(4)14(2)3/h6-12,14H,5,13H2,1-4H3,(H,21,22). The molecule has 1 heterocycles. The van der Waals surface area contributed by atoms with Crippen molar-refractivity contribution in [2.75, 3.05) is 25.6 Å². The molecular weight excluding hydrogens is 346 g/mol. The van der Waals surface area contributed by atoms with E-state index in [0.717, 1.165) is 11.4 Å². The summed E-state index contributed by atoms with van der Waals surface area (Å²) < 4.78 is 10.6. The van der Waals surface area contributed by atoms with Crippen molar-refractivity contribution in [3.05, 3.63) is 48.2 Å². The molecule has 0 spiro atoms. The van der Waals surface area contributed by atoms with Crippen LogP contribution in [0.25, 0.3) is 0 Å². The minimum Gasteiger partial charge on any atom is -0.494 e. The quantitative estimate of drug-likeness (QED) is 0.718. The summed E-state index contributed by atoms with van der Waals surface area (Å²) in [5.41, 5.74) is 1.01. The first kappa shape index (κ1) is 20.2. The van der Waals surface area contributed by atoms with Gasteiger partial charge in [-0.1, -0.05) is 0 Å². The molecule has 1 amide bonds. The second-order valence-electron chi connectivity index (χ2n) is 6.16. The maximum atomic E-state index is 12.4. The smallest absolute Gasteiger partial charge is 0.342 e. The lowest BCUT2D eigenvalue weighted by Crippen LogP contribution is -2.36. The molecule has 7 nitrogen and oxygen atoms in total. The van der Waals surface area contributed by atoms with Crippen molar-refractivity contribution < 1.29 is 19.1 Å². The Morgan fingerprint density at radius 3 is 2.52 bits per heavy atom. The monoisotopic (exact) mass is 371 g/mol. The highest BCUT2D eigenvalue weighted by atomic mass is 16.5. The van der Waals surface area contributed by atoms with Crippen LogP contribution in [0.3, 0.4) is 0 Å².